The normalized spacial score (nSPS) is 9.25. The Balaban J connectivity index is 2.60. The molecule has 0 atom stereocenters. The van der Waals surface area contributed by atoms with Crippen LogP contribution < -0.4 is 0 Å². The predicted octanol–water partition coefficient (Wildman–Crippen LogP) is 2.82. The Labute approximate surface area is 88.6 Å². The molecule has 0 N–H and O–H groups in total. The molecule has 0 saturated heterocycles. The summed E-state index contributed by atoms with van der Waals surface area (Å²) < 4.78 is 3.69. The highest BCUT2D eigenvalue weighted by atomic mass is 79.9. The van der Waals surface area contributed by atoms with Gasteiger partial charge in [0.25, 0.3) is 0 Å². The molecule has 64 valence electrons. The second kappa shape index (κ2) is 4.68. The van der Waals surface area contributed by atoms with Crippen molar-refractivity contribution in [2.24, 2.45) is 0 Å². The van der Waals surface area contributed by atoms with Crippen LogP contribution in [0.5, 0.6) is 0 Å². The molecular weight excluding hydrogens is 284 g/mol. The first-order chi connectivity index (χ1) is 5.74. The van der Waals surface area contributed by atoms with E-state index in [4.69, 9.17) is 0 Å². The number of hydrogen-bond acceptors (Lipinski definition) is 1. The van der Waals surface area contributed by atoms with E-state index in [0.717, 1.165) is 22.2 Å². The molecule has 0 bridgehead atoms. The zero-order valence-electron chi connectivity index (χ0n) is 6.64. The van der Waals surface area contributed by atoms with Gasteiger partial charge in [-0.15, -0.1) is 11.8 Å². The number of aryl methyl sites for hydroxylation is 1. The lowest BCUT2D eigenvalue weighted by Gasteiger charge is -1.97. The minimum Gasteiger partial charge on any atom is -0.256 e. The second-order valence-corrected chi connectivity index (χ2v) is 3.81. The van der Waals surface area contributed by atoms with Crippen LogP contribution in [0.15, 0.2) is 15.3 Å². The fourth-order valence-electron chi connectivity index (χ4n) is 0.808. The largest absolute Gasteiger partial charge is 0.256 e. The molecule has 4 heteroatoms. The smallest absolute Gasteiger partial charge is 0.129 e. The van der Waals surface area contributed by atoms with Gasteiger partial charge in [0.2, 0.25) is 0 Å². The van der Waals surface area contributed by atoms with Gasteiger partial charge in [0.1, 0.15) is 9.21 Å². The standard InChI is InChI=1S/C8H8Br2N2/c1-2-3-4-5-12-8(10)6-7(9)11-12/h6H,4-5H2,1H3. The highest BCUT2D eigenvalue weighted by Gasteiger charge is 2.00. The second-order valence-electron chi connectivity index (χ2n) is 2.19. The summed E-state index contributed by atoms with van der Waals surface area (Å²) in [6, 6.07) is 1.92. The van der Waals surface area contributed by atoms with Crippen LogP contribution in [0.3, 0.4) is 0 Å². The van der Waals surface area contributed by atoms with Gasteiger partial charge in [-0.3, -0.25) is 4.68 Å². The van der Waals surface area contributed by atoms with Crippen LogP contribution in [0.25, 0.3) is 0 Å². The lowest BCUT2D eigenvalue weighted by Crippen LogP contribution is -1.99. The van der Waals surface area contributed by atoms with Gasteiger partial charge in [-0.25, -0.2) is 0 Å². The van der Waals surface area contributed by atoms with E-state index in [1.54, 1.807) is 0 Å². The minimum absolute atomic E-state index is 0.826. The van der Waals surface area contributed by atoms with Gasteiger partial charge in [0, 0.05) is 12.5 Å². The Bertz CT molecular complexity index is 320. The lowest BCUT2D eigenvalue weighted by molar-refractivity contribution is 0.613. The highest BCUT2D eigenvalue weighted by Crippen LogP contribution is 2.16. The summed E-state index contributed by atoms with van der Waals surface area (Å²) in [5.74, 6) is 5.83. The summed E-state index contributed by atoms with van der Waals surface area (Å²) in [7, 11) is 0. The van der Waals surface area contributed by atoms with Crippen LogP contribution in [-0.4, -0.2) is 9.78 Å². The zero-order valence-corrected chi connectivity index (χ0v) is 9.81. The van der Waals surface area contributed by atoms with Crippen molar-refractivity contribution in [3.8, 4) is 11.8 Å². The van der Waals surface area contributed by atoms with Gasteiger partial charge in [0.15, 0.2) is 0 Å². The number of nitrogens with zero attached hydrogens (tertiary/aromatic N) is 2. The molecule has 0 fully saturated rings. The van der Waals surface area contributed by atoms with Crippen molar-refractivity contribution in [1.82, 2.24) is 9.78 Å². The van der Waals surface area contributed by atoms with Gasteiger partial charge < -0.3 is 0 Å². The first-order valence-electron chi connectivity index (χ1n) is 3.52. The van der Waals surface area contributed by atoms with Gasteiger partial charge in [-0.05, 0) is 38.8 Å². The molecule has 0 amide bonds. The summed E-state index contributed by atoms with van der Waals surface area (Å²) in [6.45, 7) is 2.67. The maximum absolute atomic E-state index is 4.20. The van der Waals surface area contributed by atoms with Crippen LogP contribution >= 0.6 is 31.9 Å². The average Bonchev–Trinajstić information content (AvgIpc) is 2.31. The van der Waals surface area contributed by atoms with E-state index in [1.807, 2.05) is 17.7 Å². The maximum atomic E-state index is 4.20. The highest BCUT2D eigenvalue weighted by molar-refractivity contribution is 9.11. The van der Waals surface area contributed by atoms with Crippen LogP contribution in [0.1, 0.15) is 13.3 Å². The van der Waals surface area contributed by atoms with E-state index in [-0.39, 0.29) is 0 Å². The van der Waals surface area contributed by atoms with Crippen LogP contribution in [-0.2, 0) is 6.54 Å². The number of rotatable bonds is 2. The monoisotopic (exact) mass is 290 g/mol. The van der Waals surface area contributed by atoms with Crippen LogP contribution in [0.4, 0.5) is 0 Å². The summed E-state index contributed by atoms with van der Waals surface area (Å²) >= 11 is 6.69. The Morgan fingerprint density at radius 3 is 2.83 bits per heavy atom. The fourth-order valence-corrected chi connectivity index (χ4v) is 2.00. The predicted molar refractivity (Wildman–Crippen MR) is 55.7 cm³/mol. The van der Waals surface area contributed by atoms with E-state index in [9.17, 15) is 0 Å². The molecule has 0 aliphatic heterocycles. The van der Waals surface area contributed by atoms with E-state index in [2.05, 4.69) is 48.8 Å². The molecule has 1 aromatic heterocycles. The molecule has 0 aromatic carbocycles. The molecule has 0 aliphatic carbocycles. The van der Waals surface area contributed by atoms with Gasteiger partial charge >= 0.3 is 0 Å². The van der Waals surface area contributed by atoms with E-state index in [0.29, 0.717) is 0 Å². The van der Waals surface area contributed by atoms with Crippen molar-refractivity contribution in [3.05, 3.63) is 15.3 Å². The van der Waals surface area contributed by atoms with Crippen LogP contribution in [0.2, 0.25) is 0 Å². The Morgan fingerprint density at radius 1 is 1.58 bits per heavy atom. The van der Waals surface area contributed by atoms with E-state index in [1.165, 1.54) is 0 Å². The number of aromatic nitrogens is 2. The quantitative estimate of drug-likeness (QED) is 0.766. The first kappa shape index (κ1) is 9.82. The van der Waals surface area contributed by atoms with Gasteiger partial charge in [-0.1, -0.05) is 0 Å². The van der Waals surface area contributed by atoms with Crippen molar-refractivity contribution in [3.63, 3.8) is 0 Å². The SMILES string of the molecule is CC#CCCn1nc(Br)cc1Br. The lowest BCUT2D eigenvalue weighted by atomic mass is 10.4. The first-order valence-corrected chi connectivity index (χ1v) is 5.11. The Morgan fingerprint density at radius 2 is 2.33 bits per heavy atom. The average molecular weight is 292 g/mol. The van der Waals surface area contributed by atoms with E-state index >= 15 is 0 Å². The topological polar surface area (TPSA) is 17.8 Å². The molecule has 1 aromatic rings. The van der Waals surface area contributed by atoms with E-state index < -0.39 is 0 Å². The molecule has 0 saturated carbocycles. The van der Waals surface area contributed by atoms with Crippen molar-refractivity contribution in [1.29, 1.82) is 0 Å². The third-order valence-electron chi connectivity index (χ3n) is 1.33. The minimum atomic E-state index is 0.826. The van der Waals surface area contributed by atoms with Gasteiger partial charge in [-0.2, -0.15) is 5.10 Å². The molecule has 0 radical (unpaired) electrons. The van der Waals surface area contributed by atoms with Crippen molar-refractivity contribution >= 4 is 31.9 Å². The molecule has 12 heavy (non-hydrogen) atoms. The third-order valence-corrected chi connectivity index (χ3v) is 2.35. The number of hydrogen-bond donors (Lipinski definition) is 0. The fraction of sp³-hybridized carbons (Fsp3) is 0.375. The molecule has 2 nitrogen and oxygen atoms in total. The molecule has 0 aliphatic rings. The Hall–Kier alpha value is -0.270. The number of halogens is 2. The molecular formula is C8H8Br2N2. The van der Waals surface area contributed by atoms with Crippen molar-refractivity contribution in [2.75, 3.05) is 0 Å². The molecule has 1 rings (SSSR count). The van der Waals surface area contributed by atoms with Gasteiger partial charge in [0.05, 0.1) is 6.54 Å². The maximum Gasteiger partial charge on any atom is 0.129 e. The van der Waals surface area contributed by atoms with Crippen LogP contribution in [0, 0.1) is 11.8 Å². The third kappa shape index (κ3) is 2.65. The van der Waals surface area contributed by atoms with Crippen molar-refractivity contribution in [2.45, 2.75) is 19.9 Å². The molecule has 1 heterocycles. The Kier molecular flexibility index (Phi) is 3.83. The summed E-state index contributed by atoms with van der Waals surface area (Å²) in [6.07, 6.45) is 0.837. The molecule has 0 spiro atoms. The molecule has 0 unspecified atom stereocenters. The summed E-state index contributed by atoms with van der Waals surface area (Å²) in [5.41, 5.74) is 0. The zero-order chi connectivity index (χ0) is 8.97. The van der Waals surface area contributed by atoms with Crippen molar-refractivity contribution < 1.29 is 0 Å². The summed E-state index contributed by atoms with van der Waals surface area (Å²) in [4.78, 5) is 0. The summed E-state index contributed by atoms with van der Waals surface area (Å²) in [5, 5.41) is 4.20.